The van der Waals surface area contributed by atoms with E-state index in [0.717, 1.165) is 12.5 Å². The normalized spacial score (nSPS) is 23.4. The van der Waals surface area contributed by atoms with Crippen molar-refractivity contribution in [3.63, 3.8) is 0 Å². The third-order valence-corrected chi connectivity index (χ3v) is 4.04. The second-order valence-electron chi connectivity index (χ2n) is 5.64. The van der Waals surface area contributed by atoms with Crippen LogP contribution in [0, 0.1) is 5.92 Å². The molecule has 1 saturated heterocycles. The van der Waals surface area contributed by atoms with Crippen LogP contribution >= 0.6 is 0 Å². The lowest BCUT2D eigenvalue weighted by Gasteiger charge is -2.42. The van der Waals surface area contributed by atoms with Gasteiger partial charge in [-0.3, -0.25) is 4.79 Å². The van der Waals surface area contributed by atoms with Crippen LogP contribution in [-0.4, -0.2) is 37.9 Å². The number of rotatable bonds is 6. The fourth-order valence-electron chi connectivity index (χ4n) is 2.86. The van der Waals surface area contributed by atoms with Gasteiger partial charge in [-0.2, -0.15) is 0 Å². The molecule has 1 N–H and O–H groups in total. The van der Waals surface area contributed by atoms with Crippen molar-refractivity contribution in [2.24, 2.45) is 5.92 Å². The second-order valence-corrected chi connectivity index (χ2v) is 5.64. The molecule has 1 aliphatic carbocycles. The van der Waals surface area contributed by atoms with Gasteiger partial charge < -0.3 is 14.8 Å². The van der Waals surface area contributed by atoms with Gasteiger partial charge in [-0.25, -0.2) is 0 Å². The van der Waals surface area contributed by atoms with Crippen molar-refractivity contribution in [1.29, 1.82) is 0 Å². The van der Waals surface area contributed by atoms with Crippen LogP contribution in [0.3, 0.4) is 0 Å². The number of carbonyl (C=O) groups is 1. The van der Waals surface area contributed by atoms with E-state index in [-0.39, 0.29) is 11.5 Å². The smallest absolute Gasteiger partial charge is 0.307 e. The molecule has 0 amide bonds. The fraction of sp³-hybridized carbons (Fsp3) is 0.929. The molecule has 2 rings (SSSR count). The van der Waals surface area contributed by atoms with Crippen molar-refractivity contribution in [2.75, 3.05) is 26.4 Å². The highest BCUT2D eigenvalue weighted by atomic mass is 16.5. The molecule has 0 aromatic carbocycles. The zero-order chi connectivity index (χ0) is 12.8. The lowest BCUT2D eigenvalue weighted by molar-refractivity contribution is -0.152. The molecule has 2 aliphatic rings. The van der Waals surface area contributed by atoms with E-state index in [2.05, 4.69) is 5.32 Å². The Labute approximate surface area is 109 Å². The third kappa shape index (κ3) is 3.69. The van der Waals surface area contributed by atoms with Gasteiger partial charge in [-0.15, -0.1) is 0 Å². The minimum Gasteiger partial charge on any atom is -0.466 e. The fourth-order valence-corrected chi connectivity index (χ4v) is 2.86. The van der Waals surface area contributed by atoms with E-state index >= 15 is 0 Å². The molecular formula is C14H25NO3. The van der Waals surface area contributed by atoms with Crippen molar-refractivity contribution < 1.29 is 14.3 Å². The Kier molecular flexibility index (Phi) is 5.01. The predicted molar refractivity (Wildman–Crippen MR) is 69.4 cm³/mol. The van der Waals surface area contributed by atoms with E-state index in [9.17, 15) is 4.79 Å². The van der Waals surface area contributed by atoms with Crippen molar-refractivity contribution >= 4 is 5.97 Å². The molecule has 0 radical (unpaired) electrons. The standard InChI is InChI=1S/C14H25NO3/c1-2-18-13(16)8-14(10-17-11-14)15-9-12-6-4-3-5-7-12/h12,15H,2-11H2,1H3. The van der Waals surface area contributed by atoms with E-state index < -0.39 is 0 Å². The van der Waals surface area contributed by atoms with Crippen LogP contribution in [-0.2, 0) is 14.3 Å². The summed E-state index contributed by atoms with van der Waals surface area (Å²) in [4.78, 5) is 11.6. The molecule has 0 bridgehead atoms. The minimum atomic E-state index is -0.149. The number of hydrogen-bond donors (Lipinski definition) is 1. The van der Waals surface area contributed by atoms with Gasteiger partial charge in [0, 0.05) is 0 Å². The Morgan fingerprint density at radius 3 is 2.61 bits per heavy atom. The summed E-state index contributed by atoms with van der Waals surface area (Å²) in [5.74, 6) is 0.662. The monoisotopic (exact) mass is 255 g/mol. The SMILES string of the molecule is CCOC(=O)CC1(NCC2CCCCC2)COC1. The van der Waals surface area contributed by atoms with Crippen LogP contribution < -0.4 is 5.32 Å². The first kappa shape index (κ1) is 13.8. The first-order valence-electron chi connectivity index (χ1n) is 7.22. The van der Waals surface area contributed by atoms with Crippen LogP contribution in [0.25, 0.3) is 0 Å². The maximum absolute atomic E-state index is 11.6. The summed E-state index contributed by atoms with van der Waals surface area (Å²) in [5.41, 5.74) is -0.149. The molecule has 0 spiro atoms. The van der Waals surface area contributed by atoms with E-state index in [0.29, 0.717) is 26.2 Å². The van der Waals surface area contributed by atoms with Gasteiger partial charge in [0.25, 0.3) is 0 Å². The van der Waals surface area contributed by atoms with Gasteiger partial charge in [0.05, 0.1) is 31.8 Å². The molecular weight excluding hydrogens is 230 g/mol. The van der Waals surface area contributed by atoms with Gasteiger partial charge in [0.2, 0.25) is 0 Å². The lowest BCUT2D eigenvalue weighted by Crippen LogP contribution is -2.62. The van der Waals surface area contributed by atoms with Crippen LogP contribution in [0.15, 0.2) is 0 Å². The number of hydrogen-bond acceptors (Lipinski definition) is 4. The molecule has 1 aliphatic heterocycles. The number of esters is 1. The maximum atomic E-state index is 11.6. The molecule has 2 fully saturated rings. The first-order valence-corrected chi connectivity index (χ1v) is 7.22. The summed E-state index contributed by atoms with van der Waals surface area (Å²) in [7, 11) is 0. The highest BCUT2D eigenvalue weighted by molar-refractivity contribution is 5.71. The summed E-state index contributed by atoms with van der Waals surface area (Å²) >= 11 is 0. The molecule has 0 atom stereocenters. The van der Waals surface area contributed by atoms with Crippen molar-refractivity contribution in [3.05, 3.63) is 0 Å². The van der Waals surface area contributed by atoms with Gasteiger partial charge in [-0.05, 0) is 32.2 Å². The quantitative estimate of drug-likeness (QED) is 0.736. The van der Waals surface area contributed by atoms with Crippen molar-refractivity contribution in [1.82, 2.24) is 5.32 Å². The van der Waals surface area contributed by atoms with E-state index in [1.165, 1.54) is 32.1 Å². The predicted octanol–water partition coefficient (Wildman–Crippen LogP) is 1.88. The highest BCUT2D eigenvalue weighted by Gasteiger charge is 2.41. The topological polar surface area (TPSA) is 47.6 Å². The molecule has 1 heterocycles. The average molecular weight is 255 g/mol. The summed E-state index contributed by atoms with van der Waals surface area (Å²) in [6.07, 6.45) is 7.18. The summed E-state index contributed by atoms with van der Waals surface area (Å²) < 4.78 is 10.3. The summed E-state index contributed by atoms with van der Waals surface area (Å²) in [5, 5.41) is 3.57. The Balaban J connectivity index is 1.75. The molecule has 4 heteroatoms. The summed E-state index contributed by atoms with van der Waals surface area (Å²) in [6, 6.07) is 0. The van der Waals surface area contributed by atoms with Crippen LogP contribution in [0.5, 0.6) is 0 Å². The van der Waals surface area contributed by atoms with Gasteiger partial charge in [0.1, 0.15) is 0 Å². The molecule has 1 saturated carbocycles. The van der Waals surface area contributed by atoms with Gasteiger partial charge in [-0.1, -0.05) is 19.3 Å². The average Bonchev–Trinajstić information content (AvgIpc) is 2.34. The van der Waals surface area contributed by atoms with Crippen LogP contribution in [0.2, 0.25) is 0 Å². The van der Waals surface area contributed by atoms with Crippen molar-refractivity contribution in [2.45, 2.75) is 51.0 Å². The van der Waals surface area contributed by atoms with Gasteiger partial charge >= 0.3 is 5.97 Å². The van der Waals surface area contributed by atoms with E-state index in [1.54, 1.807) is 0 Å². The highest BCUT2D eigenvalue weighted by Crippen LogP contribution is 2.26. The van der Waals surface area contributed by atoms with Gasteiger partial charge in [0.15, 0.2) is 0 Å². The van der Waals surface area contributed by atoms with E-state index in [1.807, 2.05) is 6.92 Å². The minimum absolute atomic E-state index is 0.114. The molecule has 0 unspecified atom stereocenters. The molecule has 104 valence electrons. The third-order valence-electron chi connectivity index (χ3n) is 4.04. The molecule has 4 nitrogen and oxygen atoms in total. The second kappa shape index (κ2) is 6.53. The number of carbonyl (C=O) groups excluding carboxylic acids is 1. The zero-order valence-electron chi connectivity index (χ0n) is 11.4. The molecule has 0 aromatic rings. The van der Waals surface area contributed by atoms with Crippen LogP contribution in [0.4, 0.5) is 0 Å². The maximum Gasteiger partial charge on any atom is 0.307 e. The van der Waals surface area contributed by atoms with Crippen LogP contribution in [0.1, 0.15) is 45.4 Å². The largest absolute Gasteiger partial charge is 0.466 e. The Morgan fingerprint density at radius 2 is 2.06 bits per heavy atom. The zero-order valence-corrected chi connectivity index (χ0v) is 11.4. The Bertz CT molecular complexity index is 270. The van der Waals surface area contributed by atoms with E-state index in [4.69, 9.17) is 9.47 Å². The molecule has 18 heavy (non-hydrogen) atoms. The number of ether oxygens (including phenoxy) is 2. The Morgan fingerprint density at radius 1 is 1.33 bits per heavy atom. The first-order chi connectivity index (χ1) is 8.74. The number of nitrogens with one attached hydrogen (secondary N) is 1. The Hall–Kier alpha value is -0.610. The lowest BCUT2D eigenvalue weighted by atomic mass is 9.87. The van der Waals surface area contributed by atoms with Crippen molar-refractivity contribution in [3.8, 4) is 0 Å². The molecule has 0 aromatic heterocycles. The summed E-state index contributed by atoms with van der Waals surface area (Å²) in [6.45, 7) is 4.59.